The predicted octanol–water partition coefficient (Wildman–Crippen LogP) is 2.87. The summed E-state index contributed by atoms with van der Waals surface area (Å²) in [5.74, 6) is 0.890. The van der Waals surface area contributed by atoms with Gasteiger partial charge >= 0.3 is 0 Å². The molecule has 0 aliphatic rings. The second-order valence-electron chi connectivity index (χ2n) is 6.43. The standard InChI is InChI=1S/C16H26N2OS/c1-16(2,3)12-18(4)9-10-19-14-7-5-13(6-8-14)11-15(17)20/h5-8H,9-12H2,1-4H3,(H2,17,20). The number of likely N-dealkylation sites (N-methyl/N-ethyl adjacent to an activating group) is 1. The summed E-state index contributed by atoms with van der Waals surface area (Å²) >= 11 is 4.89. The molecule has 0 atom stereocenters. The van der Waals surface area contributed by atoms with Gasteiger partial charge in [-0.3, -0.25) is 0 Å². The van der Waals surface area contributed by atoms with Gasteiger partial charge in [0.1, 0.15) is 12.4 Å². The second-order valence-corrected chi connectivity index (χ2v) is 6.96. The van der Waals surface area contributed by atoms with E-state index < -0.39 is 0 Å². The van der Waals surface area contributed by atoms with Crippen LogP contribution in [-0.4, -0.2) is 36.6 Å². The summed E-state index contributed by atoms with van der Waals surface area (Å²) in [6.45, 7) is 9.40. The Morgan fingerprint density at radius 2 is 1.85 bits per heavy atom. The zero-order valence-electron chi connectivity index (χ0n) is 13.0. The van der Waals surface area contributed by atoms with Crippen LogP contribution >= 0.6 is 12.2 Å². The van der Waals surface area contributed by atoms with Crippen molar-refractivity contribution in [3.05, 3.63) is 29.8 Å². The maximum Gasteiger partial charge on any atom is 0.119 e. The number of hydrogen-bond donors (Lipinski definition) is 1. The molecule has 0 fully saturated rings. The molecule has 0 spiro atoms. The number of thiocarbonyl (C=S) groups is 1. The highest BCUT2D eigenvalue weighted by Gasteiger charge is 2.13. The molecule has 112 valence electrons. The highest BCUT2D eigenvalue weighted by Crippen LogP contribution is 2.15. The number of rotatable bonds is 7. The normalized spacial score (nSPS) is 11.7. The van der Waals surface area contributed by atoms with Crippen LogP contribution < -0.4 is 10.5 Å². The van der Waals surface area contributed by atoms with Gasteiger partial charge in [0, 0.05) is 19.5 Å². The molecule has 1 aromatic rings. The van der Waals surface area contributed by atoms with Gasteiger partial charge in [0.2, 0.25) is 0 Å². The summed E-state index contributed by atoms with van der Waals surface area (Å²) in [5.41, 5.74) is 6.96. The van der Waals surface area contributed by atoms with Crippen molar-refractivity contribution in [2.75, 3.05) is 26.7 Å². The number of nitrogens with two attached hydrogens (primary N) is 1. The average Bonchev–Trinajstić information content (AvgIpc) is 2.28. The van der Waals surface area contributed by atoms with Crippen molar-refractivity contribution in [3.8, 4) is 5.75 Å². The molecule has 0 unspecified atom stereocenters. The van der Waals surface area contributed by atoms with Gasteiger partial charge in [-0.15, -0.1) is 0 Å². The number of ether oxygens (including phenoxy) is 1. The van der Waals surface area contributed by atoms with Crippen molar-refractivity contribution in [2.24, 2.45) is 11.1 Å². The third-order valence-corrected chi connectivity index (χ3v) is 2.93. The van der Waals surface area contributed by atoms with Crippen LogP contribution in [0.25, 0.3) is 0 Å². The lowest BCUT2D eigenvalue weighted by Crippen LogP contribution is -2.32. The molecule has 3 nitrogen and oxygen atoms in total. The number of hydrogen-bond acceptors (Lipinski definition) is 3. The Labute approximate surface area is 128 Å². The van der Waals surface area contributed by atoms with E-state index in [2.05, 4.69) is 32.7 Å². The predicted molar refractivity (Wildman–Crippen MR) is 89.4 cm³/mol. The fraction of sp³-hybridized carbons (Fsp3) is 0.562. The maximum absolute atomic E-state index is 5.75. The third-order valence-electron chi connectivity index (χ3n) is 2.79. The molecule has 0 saturated carbocycles. The Kier molecular flexibility index (Phi) is 6.43. The number of nitrogens with zero attached hydrogens (tertiary/aromatic N) is 1. The number of benzene rings is 1. The van der Waals surface area contributed by atoms with E-state index in [4.69, 9.17) is 22.7 Å². The Balaban J connectivity index is 2.33. The minimum absolute atomic E-state index is 0.317. The van der Waals surface area contributed by atoms with E-state index in [0.29, 0.717) is 23.4 Å². The fourth-order valence-corrected chi connectivity index (χ4v) is 2.28. The fourth-order valence-electron chi connectivity index (χ4n) is 2.11. The van der Waals surface area contributed by atoms with Crippen molar-refractivity contribution in [3.63, 3.8) is 0 Å². The van der Waals surface area contributed by atoms with Gasteiger partial charge in [0.25, 0.3) is 0 Å². The molecule has 4 heteroatoms. The maximum atomic E-state index is 5.75. The zero-order chi connectivity index (χ0) is 15.2. The monoisotopic (exact) mass is 294 g/mol. The Morgan fingerprint density at radius 3 is 2.35 bits per heavy atom. The van der Waals surface area contributed by atoms with Crippen molar-refractivity contribution in [1.82, 2.24) is 4.90 Å². The highest BCUT2D eigenvalue weighted by molar-refractivity contribution is 7.80. The van der Waals surface area contributed by atoms with Crippen LogP contribution in [0.1, 0.15) is 26.3 Å². The molecule has 1 rings (SSSR count). The molecule has 0 aromatic heterocycles. The van der Waals surface area contributed by atoms with Crippen LogP contribution in [-0.2, 0) is 6.42 Å². The molecule has 20 heavy (non-hydrogen) atoms. The van der Waals surface area contributed by atoms with Crippen LogP contribution in [0.2, 0.25) is 0 Å². The smallest absolute Gasteiger partial charge is 0.119 e. The molecule has 0 aliphatic carbocycles. The molecular weight excluding hydrogens is 268 g/mol. The average molecular weight is 294 g/mol. The topological polar surface area (TPSA) is 38.5 Å². The minimum Gasteiger partial charge on any atom is -0.492 e. The van der Waals surface area contributed by atoms with Gasteiger partial charge in [-0.05, 0) is 30.2 Å². The van der Waals surface area contributed by atoms with Crippen molar-refractivity contribution < 1.29 is 4.74 Å². The molecule has 0 amide bonds. The van der Waals surface area contributed by atoms with E-state index in [1.165, 1.54) is 0 Å². The van der Waals surface area contributed by atoms with Gasteiger partial charge in [-0.25, -0.2) is 0 Å². The Bertz CT molecular complexity index is 423. The SMILES string of the molecule is CN(CCOc1ccc(CC(N)=S)cc1)CC(C)(C)C. The van der Waals surface area contributed by atoms with Crippen LogP contribution in [0, 0.1) is 5.41 Å². The van der Waals surface area contributed by atoms with Gasteiger partial charge in [0.05, 0.1) is 4.99 Å². The first-order valence-electron chi connectivity index (χ1n) is 6.95. The first kappa shape index (κ1) is 16.9. The molecule has 0 aliphatic heterocycles. The molecule has 2 N–H and O–H groups in total. The van der Waals surface area contributed by atoms with E-state index in [9.17, 15) is 0 Å². The molecular formula is C16H26N2OS. The second kappa shape index (κ2) is 7.60. The van der Waals surface area contributed by atoms with Crippen molar-refractivity contribution >= 4 is 17.2 Å². The lowest BCUT2D eigenvalue weighted by Gasteiger charge is -2.26. The molecule has 0 radical (unpaired) electrons. The summed E-state index contributed by atoms with van der Waals surface area (Å²) in [4.78, 5) is 2.81. The van der Waals surface area contributed by atoms with E-state index in [0.717, 1.165) is 24.4 Å². The first-order chi connectivity index (χ1) is 9.26. The first-order valence-corrected chi connectivity index (χ1v) is 7.36. The summed E-state index contributed by atoms with van der Waals surface area (Å²) in [5, 5.41) is 0. The van der Waals surface area contributed by atoms with E-state index in [1.807, 2.05) is 24.3 Å². The Hall–Kier alpha value is -1.13. The lowest BCUT2D eigenvalue weighted by atomic mass is 9.96. The third kappa shape index (κ3) is 7.46. The van der Waals surface area contributed by atoms with E-state index >= 15 is 0 Å². The summed E-state index contributed by atoms with van der Waals surface area (Å²) in [6, 6.07) is 7.95. The van der Waals surface area contributed by atoms with E-state index in [1.54, 1.807) is 0 Å². The minimum atomic E-state index is 0.317. The van der Waals surface area contributed by atoms with Gasteiger partial charge in [-0.2, -0.15) is 0 Å². The quantitative estimate of drug-likeness (QED) is 0.785. The van der Waals surface area contributed by atoms with Crippen LogP contribution in [0.15, 0.2) is 24.3 Å². The van der Waals surface area contributed by atoms with Crippen LogP contribution in [0.5, 0.6) is 5.75 Å². The van der Waals surface area contributed by atoms with Gasteiger partial charge < -0.3 is 15.4 Å². The summed E-state index contributed by atoms with van der Waals surface area (Å²) < 4.78 is 5.75. The highest BCUT2D eigenvalue weighted by atomic mass is 32.1. The molecule has 0 saturated heterocycles. The van der Waals surface area contributed by atoms with Gasteiger partial charge in [0.15, 0.2) is 0 Å². The van der Waals surface area contributed by atoms with Gasteiger partial charge in [-0.1, -0.05) is 45.1 Å². The van der Waals surface area contributed by atoms with Crippen molar-refractivity contribution in [1.29, 1.82) is 0 Å². The summed E-state index contributed by atoms with van der Waals surface area (Å²) in [7, 11) is 2.12. The molecule has 0 bridgehead atoms. The lowest BCUT2D eigenvalue weighted by molar-refractivity contribution is 0.188. The van der Waals surface area contributed by atoms with Crippen LogP contribution in [0.4, 0.5) is 0 Å². The van der Waals surface area contributed by atoms with Crippen molar-refractivity contribution in [2.45, 2.75) is 27.2 Å². The Morgan fingerprint density at radius 1 is 1.25 bits per heavy atom. The summed E-state index contributed by atoms with van der Waals surface area (Å²) in [6.07, 6.45) is 0.643. The molecule has 0 heterocycles. The molecule has 1 aromatic carbocycles. The van der Waals surface area contributed by atoms with Crippen LogP contribution in [0.3, 0.4) is 0 Å². The largest absolute Gasteiger partial charge is 0.492 e. The van der Waals surface area contributed by atoms with E-state index in [-0.39, 0.29) is 0 Å². The zero-order valence-corrected chi connectivity index (χ0v) is 13.8.